The molecule has 0 aliphatic carbocycles. The summed E-state index contributed by atoms with van der Waals surface area (Å²) in [7, 11) is -2.17. The molecule has 2 aromatic rings. The zero-order valence-electron chi connectivity index (χ0n) is 13.7. The number of hydrogen-bond donors (Lipinski definition) is 2. The number of nitrogens with zero attached hydrogens (tertiary/aromatic N) is 1. The van der Waals surface area contributed by atoms with Crippen molar-refractivity contribution in [1.82, 2.24) is 9.62 Å². The number of benzene rings is 1. The zero-order chi connectivity index (χ0) is 18.6. The molecule has 1 atom stereocenters. The molecule has 0 aliphatic heterocycles. The van der Waals surface area contributed by atoms with Gasteiger partial charge in [0.2, 0.25) is 5.91 Å². The molecule has 1 aromatic heterocycles. The first-order valence-corrected chi connectivity index (χ1v) is 9.70. The van der Waals surface area contributed by atoms with Gasteiger partial charge in [0.1, 0.15) is 4.21 Å². The molecule has 0 saturated heterocycles. The molecule has 0 radical (unpaired) electrons. The Kier molecular flexibility index (Phi) is 5.93. The van der Waals surface area contributed by atoms with Gasteiger partial charge in [-0.1, -0.05) is 18.2 Å². The van der Waals surface area contributed by atoms with Gasteiger partial charge < -0.3 is 10.0 Å². The lowest BCUT2D eigenvalue weighted by Gasteiger charge is -2.22. The van der Waals surface area contributed by atoms with E-state index in [0.29, 0.717) is 0 Å². The summed E-state index contributed by atoms with van der Waals surface area (Å²) >= 11 is 1.07. The number of aromatic carboxylic acids is 1. The molecule has 1 aromatic carbocycles. The number of nitrogens with one attached hydrogen (secondary N) is 1. The first-order chi connectivity index (χ1) is 11.7. The standard InChI is InChI=1S/C16H18N2O5S2/c1-11(17-25(22,23)14-4-3-9-24-14)15(19)18(2)10-12-5-7-13(8-6-12)16(20)21/h3-9,11,17H,10H2,1-2H3,(H,20,21). The van der Waals surface area contributed by atoms with Gasteiger partial charge in [0.15, 0.2) is 0 Å². The Balaban J connectivity index is 2.00. The Labute approximate surface area is 150 Å². The van der Waals surface area contributed by atoms with E-state index in [1.54, 1.807) is 30.6 Å². The first kappa shape index (κ1) is 19.1. The molecule has 25 heavy (non-hydrogen) atoms. The van der Waals surface area contributed by atoms with Crippen LogP contribution in [0.1, 0.15) is 22.8 Å². The highest BCUT2D eigenvalue weighted by Gasteiger charge is 2.25. The molecule has 134 valence electrons. The molecule has 7 nitrogen and oxygen atoms in total. The number of amides is 1. The average Bonchev–Trinajstić information content (AvgIpc) is 3.09. The molecule has 0 saturated carbocycles. The number of carboxylic acid groups (broad SMARTS) is 1. The molecule has 2 rings (SSSR count). The van der Waals surface area contributed by atoms with E-state index in [2.05, 4.69) is 4.72 Å². The monoisotopic (exact) mass is 382 g/mol. The van der Waals surface area contributed by atoms with E-state index in [1.807, 2.05) is 0 Å². The molecular weight excluding hydrogens is 364 g/mol. The van der Waals surface area contributed by atoms with Gasteiger partial charge in [-0.2, -0.15) is 4.72 Å². The quantitative estimate of drug-likeness (QED) is 0.760. The lowest BCUT2D eigenvalue weighted by Crippen LogP contribution is -2.45. The molecule has 0 bridgehead atoms. The molecule has 0 aliphatic rings. The van der Waals surface area contributed by atoms with Crippen molar-refractivity contribution < 1.29 is 23.1 Å². The van der Waals surface area contributed by atoms with E-state index in [-0.39, 0.29) is 22.2 Å². The lowest BCUT2D eigenvalue weighted by atomic mass is 10.1. The van der Waals surface area contributed by atoms with Gasteiger partial charge in [0.05, 0.1) is 11.6 Å². The molecule has 2 N–H and O–H groups in total. The molecule has 1 amide bonds. The third-order valence-corrected chi connectivity index (χ3v) is 6.40. The van der Waals surface area contributed by atoms with Crippen molar-refractivity contribution in [2.75, 3.05) is 7.05 Å². The van der Waals surface area contributed by atoms with Crippen LogP contribution in [0.4, 0.5) is 0 Å². The third-order valence-electron chi connectivity index (χ3n) is 3.46. The summed E-state index contributed by atoms with van der Waals surface area (Å²) in [5.41, 5.74) is 0.906. The predicted molar refractivity (Wildman–Crippen MR) is 94.0 cm³/mol. The van der Waals surface area contributed by atoms with Crippen molar-refractivity contribution in [1.29, 1.82) is 0 Å². The van der Waals surface area contributed by atoms with Gasteiger partial charge in [-0.05, 0) is 36.1 Å². The van der Waals surface area contributed by atoms with Gasteiger partial charge in [-0.15, -0.1) is 11.3 Å². The fourth-order valence-electron chi connectivity index (χ4n) is 2.19. The number of thiophene rings is 1. The maximum atomic E-state index is 12.4. The molecule has 1 unspecified atom stereocenters. The highest BCUT2D eigenvalue weighted by Crippen LogP contribution is 2.16. The molecular formula is C16H18N2O5S2. The summed E-state index contributed by atoms with van der Waals surface area (Å²) < 4.78 is 26.8. The van der Waals surface area contributed by atoms with Crippen LogP contribution in [-0.2, 0) is 21.4 Å². The second kappa shape index (κ2) is 7.77. The summed E-state index contributed by atoms with van der Waals surface area (Å²) in [5.74, 6) is -1.41. The Morgan fingerprint density at radius 1 is 1.24 bits per heavy atom. The van der Waals surface area contributed by atoms with E-state index < -0.39 is 22.0 Å². The summed E-state index contributed by atoms with van der Waals surface area (Å²) in [5, 5.41) is 10.5. The van der Waals surface area contributed by atoms with Crippen molar-refractivity contribution in [2.24, 2.45) is 0 Å². The molecule has 9 heteroatoms. The number of hydrogen-bond acceptors (Lipinski definition) is 5. The summed E-state index contributed by atoms with van der Waals surface area (Å²) in [6.07, 6.45) is 0. The SMILES string of the molecule is CC(NS(=O)(=O)c1cccs1)C(=O)N(C)Cc1ccc(C(=O)O)cc1. The van der Waals surface area contributed by atoms with Crippen LogP contribution in [0.2, 0.25) is 0 Å². The molecule has 1 heterocycles. The number of sulfonamides is 1. The number of carbonyl (C=O) groups is 2. The Morgan fingerprint density at radius 3 is 2.40 bits per heavy atom. The number of likely N-dealkylation sites (N-methyl/N-ethyl adjacent to an activating group) is 1. The minimum Gasteiger partial charge on any atom is -0.478 e. The van der Waals surface area contributed by atoms with Crippen molar-refractivity contribution in [2.45, 2.75) is 23.7 Å². The Hall–Kier alpha value is -2.23. The highest BCUT2D eigenvalue weighted by molar-refractivity contribution is 7.91. The summed E-state index contributed by atoms with van der Waals surface area (Å²) in [6, 6.07) is 8.32. The second-order valence-corrected chi connectivity index (χ2v) is 8.36. The van der Waals surface area contributed by atoms with Crippen LogP contribution >= 0.6 is 11.3 Å². The maximum Gasteiger partial charge on any atom is 0.335 e. The van der Waals surface area contributed by atoms with E-state index >= 15 is 0 Å². The second-order valence-electron chi connectivity index (χ2n) is 5.47. The largest absolute Gasteiger partial charge is 0.478 e. The smallest absolute Gasteiger partial charge is 0.335 e. The van der Waals surface area contributed by atoms with Crippen molar-refractivity contribution >= 4 is 33.2 Å². The predicted octanol–water partition coefficient (Wildman–Crippen LogP) is 1.77. The summed E-state index contributed by atoms with van der Waals surface area (Å²) in [4.78, 5) is 24.6. The number of carboxylic acids is 1. The van der Waals surface area contributed by atoms with Crippen molar-refractivity contribution in [3.05, 3.63) is 52.9 Å². The van der Waals surface area contributed by atoms with E-state index in [1.165, 1.54) is 30.0 Å². The summed E-state index contributed by atoms with van der Waals surface area (Å²) in [6.45, 7) is 1.72. The maximum absolute atomic E-state index is 12.4. The van der Waals surface area contributed by atoms with E-state index in [9.17, 15) is 18.0 Å². The van der Waals surface area contributed by atoms with Crippen LogP contribution in [0.25, 0.3) is 0 Å². The van der Waals surface area contributed by atoms with Crippen LogP contribution in [0, 0.1) is 0 Å². The van der Waals surface area contributed by atoms with Gasteiger partial charge >= 0.3 is 5.97 Å². The fraction of sp³-hybridized carbons (Fsp3) is 0.250. The Bertz CT molecular complexity index is 845. The highest BCUT2D eigenvalue weighted by atomic mass is 32.2. The van der Waals surface area contributed by atoms with Crippen molar-refractivity contribution in [3.63, 3.8) is 0 Å². The number of carbonyl (C=O) groups excluding carboxylic acids is 1. The third kappa shape index (κ3) is 4.88. The fourth-order valence-corrected chi connectivity index (χ4v) is 4.40. The average molecular weight is 382 g/mol. The topological polar surface area (TPSA) is 104 Å². The van der Waals surface area contributed by atoms with Crippen molar-refractivity contribution in [3.8, 4) is 0 Å². The minimum atomic E-state index is -3.73. The van der Waals surface area contributed by atoms with Crippen LogP contribution in [0.5, 0.6) is 0 Å². The first-order valence-electron chi connectivity index (χ1n) is 7.34. The van der Waals surface area contributed by atoms with Crippen LogP contribution in [-0.4, -0.2) is 43.4 Å². The van der Waals surface area contributed by atoms with Crippen LogP contribution < -0.4 is 4.72 Å². The lowest BCUT2D eigenvalue weighted by molar-refractivity contribution is -0.131. The number of rotatable bonds is 7. The van der Waals surface area contributed by atoms with E-state index in [4.69, 9.17) is 5.11 Å². The van der Waals surface area contributed by atoms with E-state index in [0.717, 1.165) is 16.9 Å². The van der Waals surface area contributed by atoms with Crippen LogP contribution in [0.3, 0.4) is 0 Å². The minimum absolute atomic E-state index is 0.152. The van der Waals surface area contributed by atoms with Crippen LogP contribution in [0.15, 0.2) is 46.0 Å². The van der Waals surface area contributed by atoms with Gasteiger partial charge in [-0.25, -0.2) is 13.2 Å². The zero-order valence-corrected chi connectivity index (χ0v) is 15.3. The van der Waals surface area contributed by atoms with Gasteiger partial charge in [0.25, 0.3) is 10.0 Å². The van der Waals surface area contributed by atoms with Gasteiger partial charge in [0, 0.05) is 13.6 Å². The molecule has 0 spiro atoms. The van der Waals surface area contributed by atoms with Gasteiger partial charge in [-0.3, -0.25) is 4.79 Å². The normalized spacial score (nSPS) is 12.6. The Morgan fingerprint density at radius 2 is 1.88 bits per heavy atom. The molecule has 0 fully saturated rings.